The monoisotopic (exact) mass is 233 g/mol. The van der Waals surface area contributed by atoms with E-state index in [1.807, 2.05) is 0 Å². The Kier molecular flexibility index (Phi) is 4.03. The van der Waals surface area contributed by atoms with Gasteiger partial charge < -0.3 is 5.73 Å². The molecule has 0 aromatic heterocycles. The van der Waals surface area contributed by atoms with Gasteiger partial charge in [0.1, 0.15) is 0 Å². The highest BCUT2D eigenvalue weighted by Gasteiger charge is 2.27. The molecule has 1 rings (SSSR count). The molecule has 1 nitrogen and oxygen atoms in total. The molecule has 0 aliphatic heterocycles. The van der Waals surface area contributed by atoms with Crippen molar-refractivity contribution in [3.05, 3.63) is 35.4 Å². The molecular weight excluding hydrogens is 206 g/mol. The zero-order valence-corrected chi connectivity index (χ0v) is 12.2. The Bertz CT molecular complexity index is 354. The topological polar surface area (TPSA) is 26.0 Å². The molecule has 17 heavy (non-hydrogen) atoms. The minimum atomic E-state index is -0.231. The number of nitrogens with two attached hydrogens (primary N) is 1. The van der Waals surface area contributed by atoms with Gasteiger partial charge in [-0.2, -0.15) is 0 Å². The average molecular weight is 233 g/mol. The van der Waals surface area contributed by atoms with Crippen molar-refractivity contribution in [3.63, 3.8) is 0 Å². The van der Waals surface area contributed by atoms with E-state index in [2.05, 4.69) is 65.8 Å². The van der Waals surface area contributed by atoms with E-state index in [1.165, 1.54) is 11.1 Å². The first-order valence-corrected chi connectivity index (χ1v) is 6.59. The van der Waals surface area contributed by atoms with Gasteiger partial charge in [-0.3, -0.25) is 0 Å². The Hall–Kier alpha value is -0.820. The Morgan fingerprint density at radius 1 is 1.00 bits per heavy atom. The molecule has 0 saturated carbocycles. The molecule has 0 fully saturated rings. The first-order valence-electron chi connectivity index (χ1n) is 6.59. The van der Waals surface area contributed by atoms with E-state index in [0.29, 0.717) is 5.92 Å². The number of benzene rings is 1. The van der Waals surface area contributed by atoms with Gasteiger partial charge in [-0.05, 0) is 29.4 Å². The largest absolute Gasteiger partial charge is 0.321 e. The molecule has 2 N–H and O–H groups in total. The van der Waals surface area contributed by atoms with E-state index < -0.39 is 0 Å². The van der Waals surface area contributed by atoms with Gasteiger partial charge in [0, 0.05) is 5.54 Å². The van der Waals surface area contributed by atoms with Crippen LogP contribution < -0.4 is 5.73 Å². The number of hydrogen-bond donors (Lipinski definition) is 1. The van der Waals surface area contributed by atoms with Crippen LogP contribution in [0.1, 0.15) is 59.1 Å². The average Bonchev–Trinajstić information content (AvgIpc) is 2.27. The van der Waals surface area contributed by atoms with Crippen LogP contribution in [0, 0.1) is 5.92 Å². The van der Waals surface area contributed by atoms with Crippen LogP contribution in [0.15, 0.2) is 24.3 Å². The summed E-state index contributed by atoms with van der Waals surface area (Å²) in [6, 6.07) is 8.80. The van der Waals surface area contributed by atoms with E-state index in [4.69, 9.17) is 5.73 Å². The van der Waals surface area contributed by atoms with Crippen molar-refractivity contribution in [3.8, 4) is 0 Å². The molecule has 2 atom stereocenters. The molecule has 0 heterocycles. The molecule has 0 aliphatic carbocycles. The van der Waals surface area contributed by atoms with Crippen LogP contribution in [-0.4, -0.2) is 0 Å². The van der Waals surface area contributed by atoms with E-state index in [-0.39, 0.29) is 11.0 Å². The predicted molar refractivity (Wildman–Crippen MR) is 76.1 cm³/mol. The van der Waals surface area contributed by atoms with Crippen LogP contribution in [0.25, 0.3) is 0 Å². The summed E-state index contributed by atoms with van der Waals surface area (Å²) >= 11 is 0. The lowest BCUT2D eigenvalue weighted by atomic mass is 9.78. The minimum Gasteiger partial charge on any atom is -0.321 e. The highest BCUT2D eigenvalue weighted by molar-refractivity contribution is 5.31. The molecule has 0 amide bonds. The second-order valence-corrected chi connectivity index (χ2v) is 6.42. The fourth-order valence-electron chi connectivity index (χ4n) is 2.04. The Balaban J connectivity index is 3.03. The van der Waals surface area contributed by atoms with E-state index in [1.54, 1.807) is 0 Å². The second-order valence-electron chi connectivity index (χ2n) is 6.42. The zero-order valence-electron chi connectivity index (χ0n) is 12.2. The molecule has 2 unspecified atom stereocenters. The van der Waals surface area contributed by atoms with Crippen molar-refractivity contribution >= 4 is 0 Å². The molecule has 1 aromatic carbocycles. The van der Waals surface area contributed by atoms with Crippen molar-refractivity contribution in [2.75, 3.05) is 0 Å². The first kappa shape index (κ1) is 14.2. The highest BCUT2D eigenvalue weighted by atomic mass is 14.7. The zero-order chi connectivity index (χ0) is 13.3. The van der Waals surface area contributed by atoms with Crippen LogP contribution in [0.4, 0.5) is 0 Å². The molecular formula is C16H27N. The summed E-state index contributed by atoms with van der Waals surface area (Å²) < 4.78 is 0. The summed E-state index contributed by atoms with van der Waals surface area (Å²) in [7, 11) is 0. The van der Waals surface area contributed by atoms with Gasteiger partial charge in [-0.25, -0.2) is 0 Å². The summed E-state index contributed by atoms with van der Waals surface area (Å²) in [6.45, 7) is 13.2. The summed E-state index contributed by atoms with van der Waals surface area (Å²) in [5, 5.41) is 0. The van der Waals surface area contributed by atoms with Crippen molar-refractivity contribution in [1.82, 2.24) is 0 Å². The normalized spacial score (nSPS) is 17.6. The molecule has 0 radical (unpaired) electrons. The Labute approximate surface area is 106 Å². The fraction of sp³-hybridized carbons (Fsp3) is 0.625. The third-order valence-corrected chi connectivity index (χ3v) is 4.01. The first-order chi connectivity index (χ1) is 7.69. The van der Waals surface area contributed by atoms with Gasteiger partial charge in [0.05, 0.1) is 0 Å². The third-order valence-electron chi connectivity index (χ3n) is 4.01. The molecule has 0 bridgehead atoms. The predicted octanol–water partition coefficient (Wildman–Crippen LogP) is 4.20. The summed E-state index contributed by atoms with van der Waals surface area (Å²) in [4.78, 5) is 0. The Morgan fingerprint density at radius 2 is 1.41 bits per heavy atom. The van der Waals surface area contributed by atoms with Gasteiger partial charge in [-0.1, -0.05) is 65.3 Å². The fourth-order valence-corrected chi connectivity index (χ4v) is 2.04. The lowest BCUT2D eigenvalue weighted by Gasteiger charge is -2.32. The number of hydrogen-bond acceptors (Lipinski definition) is 1. The molecule has 1 heteroatoms. The standard InChI is InChI=1S/C16H27N/c1-7-12(2)16(6,17)14-10-8-13(9-11-14)15(3,4)5/h8-12H,7,17H2,1-6H3. The van der Waals surface area contributed by atoms with Crippen LogP contribution in [0.3, 0.4) is 0 Å². The van der Waals surface area contributed by atoms with Crippen LogP contribution in [0.2, 0.25) is 0 Å². The van der Waals surface area contributed by atoms with Crippen LogP contribution in [-0.2, 0) is 11.0 Å². The van der Waals surface area contributed by atoms with Crippen LogP contribution in [0.5, 0.6) is 0 Å². The van der Waals surface area contributed by atoms with Crippen molar-refractivity contribution in [2.24, 2.45) is 11.7 Å². The Morgan fingerprint density at radius 3 is 1.76 bits per heavy atom. The maximum atomic E-state index is 6.45. The molecule has 0 spiro atoms. The lowest BCUT2D eigenvalue weighted by Crippen LogP contribution is -2.39. The van der Waals surface area contributed by atoms with Gasteiger partial charge in [0.2, 0.25) is 0 Å². The lowest BCUT2D eigenvalue weighted by molar-refractivity contribution is 0.316. The second kappa shape index (κ2) is 4.81. The van der Waals surface area contributed by atoms with Gasteiger partial charge >= 0.3 is 0 Å². The quantitative estimate of drug-likeness (QED) is 0.831. The van der Waals surface area contributed by atoms with Crippen LogP contribution >= 0.6 is 0 Å². The molecule has 1 aromatic rings. The van der Waals surface area contributed by atoms with E-state index in [0.717, 1.165) is 6.42 Å². The third kappa shape index (κ3) is 3.10. The number of rotatable bonds is 3. The summed E-state index contributed by atoms with van der Waals surface area (Å²) in [6.07, 6.45) is 1.11. The van der Waals surface area contributed by atoms with Gasteiger partial charge in [-0.15, -0.1) is 0 Å². The van der Waals surface area contributed by atoms with E-state index in [9.17, 15) is 0 Å². The smallest absolute Gasteiger partial charge is 0.0406 e. The molecule has 96 valence electrons. The maximum absolute atomic E-state index is 6.45. The molecule has 0 saturated heterocycles. The molecule has 0 aliphatic rings. The SMILES string of the molecule is CCC(C)C(C)(N)c1ccc(C(C)(C)C)cc1. The van der Waals surface area contributed by atoms with Crippen molar-refractivity contribution in [1.29, 1.82) is 0 Å². The van der Waals surface area contributed by atoms with E-state index >= 15 is 0 Å². The van der Waals surface area contributed by atoms with Gasteiger partial charge in [0.15, 0.2) is 0 Å². The highest BCUT2D eigenvalue weighted by Crippen LogP contribution is 2.30. The maximum Gasteiger partial charge on any atom is 0.0406 e. The minimum absolute atomic E-state index is 0.208. The van der Waals surface area contributed by atoms with Crippen molar-refractivity contribution < 1.29 is 0 Å². The summed E-state index contributed by atoms with van der Waals surface area (Å²) in [5.74, 6) is 0.489. The summed E-state index contributed by atoms with van der Waals surface area (Å²) in [5.41, 5.74) is 9.03. The van der Waals surface area contributed by atoms with Crippen molar-refractivity contribution in [2.45, 2.75) is 58.9 Å². The van der Waals surface area contributed by atoms with Gasteiger partial charge in [0.25, 0.3) is 0 Å².